The fraction of sp³-hybridized carbons (Fsp3) is 0.150. The van der Waals surface area contributed by atoms with Gasteiger partial charge in [-0.25, -0.2) is 4.98 Å². The molecule has 0 aliphatic rings. The number of rotatable bonds is 5. The molecule has 4 nitrogen and oxygen atoms in total. The first-order valence-corrected chi connectivity index (χ1v) is 8.05. The third kappa shape index (κ3) is 2.72. The summed E-state index contributed by atoms with van der Waals surface area (Å²) in [5.74, 6) is 1.91. The van der Waals surface area contributed by atoms with Crippen LogP contribution in [-0.2, 0) is 13.6 Å². The summed E-state index contributed by atoms with van der Waals surface area (Å²) in [4.78, 5) is 4.86. The third-order valence-corrected chi connectivity index (χ3v) is 4.27. The summed E-state index contributed by atoms with van der Waals surface area (Å²) in [7, 11) is 2.06. The molecule has 0 fully saturated rings. The Kier molecular flexibility index (Phi) is 3.89. The van der Waals surface area contributed by atoms with Crippen molar-refractivity contribution in [2.75, 3.05) is 0 Å². The molecule has 0 saturated heterocycles. The Hall–Kier alpha value is -2.85. The van der Waals surface area contributed by atoms with E-state index < -0.39 is 0 Å². The number of hydrogen-bond donors (Lipinski definition) is 1. The molecule has 0 amide bonds. The van der Waals surface area contributed by atoms with E-state index in [1.165, 1.54) is 5.56 Å². The quantitative estimate of drug-likeness (QED) is 0.604. The van der Waals surface area contributed by atoms with Crippen LogP contribution >= 0.6 is 0 Å². The molecule has 1 unspecified atom stereocenters. The Labute approximate surface area is 140 Å². The smallest absolute Gasteiger partial charge is 0.131 e. The first-order chi connectivity index (χ1) is 11.8. The molecule has 1 N–H and O–H groups in total. The largest absolute Gasteiger partial charge is 0.468 e. The average Bonchev–Trinajstić information content (AvgIpc) is 3.25. The van der Waals surface area contributed by atoms with E-state index >= 15 is 0 Å². The summed E-state index contributed by atoms with van der Waals surface area (Å²) in [6, 6.07) is 22.5. The molecule has 0 spiro atoms. The van der Waals surface area contributed by atoms with Crippen LogP contribution in [0.2, 0.25) is 0 Å². The van der Waals surface area contributed by atoms with Gasteiger partial charge in [0.2, 0.25) is 0 Å². The third-order valence-electron chi connectivity index (χ3n) is 4.27. The SMILES string of the molecule is Cn1c(C(NCc2ccco2)c2ccccc2)nc2ccccc21. The topological polar surface area (TPSA) is 43.0 Å². The predicted molar refractivity (Wildman–Crippen MR) is 94.5 cm³/mol. The lowest BCUT2D eigenvalue weighted by Gasteiger charge is -2.18. The van der Waals surface area contributed by atoms with Gasteiger partial charge in [0.1, 0.15) is 11.6 Å². The van der Waals surface area contributed by atoms with Gasteiger partial charge in [-0.15, -0.1) is 0 Å². The molecule has 120 valence electrons. The van der Waals surface area contributed by atoms with E-state index in [9.17, 15) is 0 Å². The summed E-state index contributed by atoms with van der Waals surface area (Å²) in [6.45, 7) is 0.649. The second-order valence-electron chi connectivity index (χ2n) is 5.82. The highest BCUT2D eigenvalue weighted by atomic mass is 16.3. The van der Waals surface area contributed by atoms with Crippen LogP contribution in [0.1, 0.15) is 23.2 Å². The average molecular weight is 317 g/mol. The van der Waals surface area contributed by atoms with Gasteiger partial charge in [0.25, 0.3) is 0 Å². The van der Waals surface area contributed by atoms with Gasteiger partial charge in [0.15, 0.2) is 0 Å². The van der Waals surface area contributed by atoms with E-state index in [0.717, 1.165) is 22.6 Å². The van der Waals surface area contributed by atoms with Crippen LogP contribution in [0.4, 0.5) is 0 Å². The van der Waals surface area contributed by atoms with E-state index in [0.29, 0.717) is 6.54 Å². The molecule has 0 radical (unpaired) electrons. The van der Waals surface area contributed by atoms with Crippen LogP contribution in [-0.4, -0.2) is 9.55 Å². The summed E-state index contributed by atoms with van der Waals surface area (Å²) < 4.78 is 7.61. The number of nitrogens with one attached hydrogen (secondary N) is 1. The van der Waals surface area contributed by atoms with Crippen LogP contribution in [0, 0.1) is 0 Å². The zero-order valence-corrected chi connectivity index (χ0v) is 13.5. The van der Waals surface area contributed by atoms with Crippen molar-refractivity contribution >= 4 is 11.0 Å². The molecule has 2 aromatic carbocycles. The van der Waals surface area contributed by atoms with Crippen LogP contribution in [0.3, 0.4) is 0 Å². The predicted octanol–water partition coefficient (Wildman–Crippen LogP) is 4.05. The molecule has 0 aliphatic carbocycles. The maximum atomic E-state index is 5.46. The van der Waals surface area contributed by atoms with Gasteiger partial charge < -0.3 is 8.98 Å². The summed E-state index contributed by atoms with van der Waals surface area (Å²) in [6.07, 6.45) is 1.70. The number of benzene rings is 2. The highest BCUT2D eigenvalue weighted by Crippen LogP contribution is 2.25. The summed E-state index contributed by atoms with van der Waals surface area (Å²) in [5.41, 5.74) is 3.33. The molecule has 2 heterocycles. The van der Waals surface area contributed by atoms with Crippen LogP contribution in [0.5, 0.6) is 0 Å². The monoisotopic (exact) mass is 317 g/mol. The Morgan fingerprint density at radius 2 is 1.79 bits per heavy atom. The van der Waals surface area contributed by atoms with Crippen LogP contribution in [0.15, 0.2) is 77.4 Å². The highest BCUT2D eigenvalue weighted by molar-refractivity contribution is 5.76. The Balaban J connectivity index is 1.74. The number of aryl methyl sites for hydroxylation is 1. The molecular weight excluding hydrogens is 298 g/mol. The van der Waals surface area contributed by atoms with E-state index in [1.807, 2.05) is 36.4 Å². The molecule has 24 heavy (non-hydrogen) atoms. The highest BCUT2D eigenvalue weighted by Gasteiger charge is 2.20. The van der Waals surface area contributed by atoms with Gasteiger partial charge in [-0.2, -0.15) is 0 Å². The lowest BCUT2D eigenvalue weighted by Crippen LogP contribution is -2.24. The van der Waals surface area contributed by atoms with Crippen LogP contribution < -0.4 is 5.32 Å². The van der Waals surface area contributed by atoms with Crippen molar-refractivity contribution in [2.24, 2.45) is 7.05 Å². The minimum Gasteiger partial charge on any atom is -0.468 e. The fourth-order valence-electron chi connectivity index (χ4n) is 3.04. The molecule has 0 aliphatic heterocycles. The minimum atomic E-state index is -0.00583. The van der Waals surface area contributed by atoms with E-state index in [2.05, 4.69) is 47.3 Å². The van der Waals surface area contributed by atoms with E-state index in [1.54, 1.807) is 6.26 Å². The zero-order chi connectivity index (χ0) is 16.4. The first-order valence-electron chi connectivity index (χ1n) is 8.05. The molecule has 2 aromatic heterocycles. The number of fused-ring (bicyclic) bond motifs is 1. The van der Waals surface area contributed by atoms with Crippen molar-refractivity contribution in [1.82, 2.24) is 14.9 Å². The lowest BCUT2D eigenvalue weighted by atomic mass is 10.1. The number of nitrogens with zero attached hydrogens (tertiary/aromatic N) is 2. The maximum Gasteiger partial charge on any atom is 0.131 e. The van der Waals surface area contributed by atoms with Gasteiger partial charge >= 0.3 is 0 Å². The molecule has 0 bridgehead atoms. The molecule has 4 heteroatoms. The van der Waals surface area contributed by atoms with E-state index in [-0.39, 0.29) is 6.04 Å². The Morgan fingerprint density at radius 1 is 1.00 bits per heavy atom. The van der Waals surface area contributed by atoms with Gasteiger partial charge in [-0.3, -0.25) is 5.32 Å². The van der Waals surface area contributed by atoms with Crippen molar-refractivity contribution < 1.29 is 4.42 Å². The number of furan rings is 1. The number of imidazole rings is 1. The van der Waals surface area contributed by atoms with Crippen LogP contribution in [0.25, 0.3) is 11.0 Å². The standard InChI is InChI=1S/C20H19N3O/c1-23-18-12-6-5-11-17(18)22-20(23)19(15-8-3-2-4-9-15)21-14-16-10-7-13-24-16/h2-13,19,21H,14H2,1H3. The maximum absolute atomic E-state index is 5.46. The summed E-state index contributed by atoms with van der Waals surface area (Å²) >= 11 is 0. The molecule has 4 aromatic rings. The molecule has 4 rings (SSSR count). The molecular formula is C20H19N3O. The van der Waals surface area contributed by atoms with Crippen molar-refractivity contribution in [1.29, 1.82) is 0 Å². The second-order valence-corrected chi connectivity index (χ2v) is 5.82. The number of aromatic nitrogens is 2. The van der Waals surface area contributed by atoms with Gasteiger partial charge in [0.05, 0.1) is 29.9 Å². The number of hydrogen-bond acceptors (Lipinski definition) is 3. The summed E-state index contributed by atoms with van der Waals surface area (Å²) in [5, 5.41) is 3.58. The zero-order valence-electron chi connectivity index (χ0n) is 13.5. The normalized spacial score (nSPS) is 12.5. The van der Waals surface area contributed by atoms with Crippen molar-refractivity contribution in [3.63, 3.8) is 0 Å². The Morgan fingerprint density at radius 3 is 2.54 bits per heavy atom. The van der Waals surface area contributed by atoms with Crippen molar-refractivity contribution in [3.05, 3.63) is 90.1 Å². The molecule has 1 atom stereocenters. The minimum absolute atomic E-state index is 0.00583. The second kappa shape index (κ2) is 6.34. The molecule has 0 saturated carbocycles. The van der Waals surface area contributed by atoms with Crippen molar-refractivity contribution in [3.8, 4) is 0 Å². The fourth-order valence-corrected chi connectivity index (χ4v) is 3.04. The Bertz CT molecular complexity index is 926. The van der Waals surface area contributed by atoms with E-state index in [4.69, 9.17) is 9.40 Å². The lowest BCUT2D eigenvalue weighted by molar-refractivity contribution is 0.460. The van der Waals surface area contributed by atoms with Gasteiger partial charge in [0, 0.05) is 7.05 Å². The van der Waals surface area contributed by atoms with Gasteiger partial charge in [-0.1, -0.05) is 42.5 Å². The number of para-hydroxylation sites is 2. The van der Waals surface area contributed by atoms with Gasteiger partial charge in [-0.05, 0) is 29.8 Å². The van der Waals surface area contributed by atoms with Crippen molar-refractivity contribution in [2.45, 2.75) is 12.6 Å². The first kappa shape index (κ1) is 14.7.